The zero-order chi connectivity index (χ0) is 12.8. The Bertz CT molecular complexity index is 542. The highest BCUT2D eigenvalue weighted by atomic mass is 15.2. The molecule has 92 valence electrons. The summed E-state index contributed by atoms with van der Waals surface area (Å²) in [6, 6.07) is 0. The van der Waals surface area contributed by atoms with E-state index in [-0.39, 0.29) is 5.41 Å². The van der Waals surface area contributed by atoms with Gasteiger partial charge in [0.1, 0.15) is 17.3 Å². The minimum absolute atomic E-state index is 0.0245. The van der Waals surface area contributed by atoms with E-state index in [4.69, 9.17) is 5.73 Å². The second-order valence-corrected chi connectivity index (χ2v) is 5.38. The Morgan fingerprint density at radius 3 is 2.29 bits per heavy atom. The van der Waals surface area contributed by atoms with Crippen molar-refractivity contribution < 1.29 is 0 Å². The number of aromatic nitrogens is 4. The smallest absolute Gasteiger partial charge is 0.131 e. The fourth-order valence-electron chi connectivity index (χ4n) is 1.94. The van der Waals surface area contributed by atoms with Crippen LogP contribution in [-0.4, -0.2) is 19.3 Å². The Labute approximate surface area is 101 Å². The molecule has 0 saturated carbocycles. The van der Waals surface area contributed by atoms with Crippen LogP contribution < -0.4 is 5.73 Å². The second-order valence-electron chi connectivity index (χ2n) is 5.38. The van der Waals surface area contributed by atoms with E-state index in [0.29, 0.717) is 5.82 Å². The maximum Gasteiger partial charge on any atom is 0.131 e. The molecule has 0 amide bonds. The summed E-state index contributed by atoms with van der Waals surface area (Å²) in [5, 5.41) is 4.15. The molecule has 5 heteroatoms. The molecule has 2 aromatic heterocycles. The summed E-state index contributed by atoms with van der Waals surface area (Å²) >= 11 is 0. The van der Waals surface area contributed by atoms with Gasteiger partial charge in [-0.15, -0.1) is 0 Å². The Morgan fingerprint density at radius 1 is 1.24 bits per heavy atom. The van der Waals surface area contributed by atoms with Crippen molar-refractivity contribution in [3.8, 4) is 11.3 Å². The average molecular weight is 233 g/mol. The van der Waals surface area contributed by atoms with Crippen molar-refractivity contribution in [2.24, 2.45) is 14.1 Å². The normalized spacial score (nSPS) is 12.1. The molecule has 2 N–H and O–H groups in total. The molecule has 0 atom stereocenters. The third-order valence-corrected chi connectivity index (χ3v) is 2.79. The molecule has 0 aliphatic rings. The Balaban J connectivity index is 2.58. The summed E-state index contributed by atoms with van der Waals surface area (Å²) in [5.74, 6) is 1.66. The molecular formula is C12H19N5. The molecule has 0 aromatic carbocycles. The monoisotopic (exact) mass is 233 g/mol. The lowest BCUT2D eigenvalue weighted by molar-refractivity contribution is 0.524. The first-order chi connectivity index (χ1) is 7.80. The van der Waals surface area contributed by atoms with E-state index < -0.39 is 0 Å². The average Bonchev–Trinajstić information content (AvgIpc) is 2.73. The van der Waals surface area contributed by atoms with Crippen LogP contribution in [0.3, 0.4) is 0 Å². The number of rotatable bonds is 1. The van der Waals surface area contributed by atoms with E-state index in [0.717, 1.165) is 17.1 Å². The largest absolute Gasteiger partial charge is 0.383 e. The lowest BCUT2D eigenvalue weighted by atomic mass is 9.96. The van der Waals surface area contributed by atoms with Crippen LogP contribution in [0.15, 0.2) is 12.4 Å². The minimum atomic E-state index is -0.0245. The molecule has 2 rings (SSSR count). The fraction of sp³-hybridized carbons (Fsp3) is 0.500. The second kappa shape index (κ2) is 3.61. The quantitative estimate of drug-likeness (QED) is 0.815. The van der Waals surface area contributed by atoms with Gasteiger partial charge < -0.3 is 10.3 Å². The van der Waals surface area contributed by atoms with Crippen molar-refractivity contribution in [2.75, 3.05) is 5.73 Å². The zero-order valence-corrected chi connectivity index (χ0v) is 11.0. The fourth-order valence-corrected chi connectivity index (χ4v) is 1.94. The van der Waals surface area contributed by atoms with Crippen molar-refractivity contribution in [3.05, 3.63) is 18.2 Å². The molecular weight excluding hydrogens is 214 g/mol. The van der Waals surface area contributed by atoms with Crippen molar-refractivity contribution >= 4 is 5.82 Å². The van der Waals surface area contributed by atoms with Crippen LogP contribution in [0.25, 0.3) is 11.3 Å². The topological polar surface area (TPSA) is 61.7 Å². The molecule has 0 unspecified atom stereocenters. The van der Waals surface area contributed by atoms with Gasteiger partial charge in [0, 0.05) is 31.3 Å². The van der Waals surface area contributed by atoms with E-state index in [1.54, 1.807) is 10.9 Å². The molecule has 2 aromatic rings. The van der Waals surface area contributed by atoms with Gasteiger partial charge in [0.25, 0.3) is 0 Å². The maximum absolute atomic E-state index is 6.10. The van der Waals surface area contributed by atoms with Gasteiger partial charge in [0.15, 0.2) is 0 Å². The number of nitrogens with zero attached hydrogens (tertiary/aromatic N) is 4. The van der Waals surface area contributed by atoms with Gasteiger partial charge >= 0.3 is 0 Å². The molecule has 0 fully saturated rings. The Kier molecular flexibility index (Phi) is 2.49. The molecule has 5 nitrogen and oxygen atoms in total. The standard InChI is InChI=1S/C12H19N5/c1-12(2,3)11-15-9(10(13)17(11)5)8-6-14-16(4)7-8/h6-7H,13H2,1-5H3. The zero-order valence-electron chi connectivity index (χ0n) is 11.0. The highest BCUT2D eigenvalue weighted by Crippen LogP contribution is 2.30. The highest BCUT2D eigenvalue weighted by molar-refractivity contribution is 5.70. The van der Waals surface area contributed by atoms with Crippen LogP contribution in [-0.2, 0) is 19.5 Å². The van der Waals surface area contributed by atoms with E-state index >= 15 is 0 Å². The van der Waals surface area contributed by atoms with E-state index in [1.807, 2.05) is 24.9 Å². The van der Waals surface area contributed by atoms with Gasteiger partial charge in [-0.1, -0.05) is 20.8 Å². The molecule has 0 aliphatic heterocycles. The van der Waals surface area contributed by atoms with Gasteiger partial charge in [-0.05, 0) is 0 Å². The first-order valence-electron chi connectivity index (χ1n) is 5.62. The summed E-state index contributed by atoms with van der Waals surface area (Å²) in [5.41, 5.74) is 7.85. The van der Waals surface area contributed by atoms with Crippen molar-refractivity contribution in [3.63, 3.8) is 0 Å². The van der Waals surface area contributed by atoms with Crippen molar-refractivity contribution in [1.29, 1.82) is 0 Å². The van der Waals surface area contributed by atoms with Gasteiger partial charge in [-0.3, -0.25) is 4.68 Å². The first kappa shape index (κ1) is 11.7. The highest BCUT2D eigenvalue weighted by Gasteiger charge is 2.24. The molecule has 2 heterocycles. The van der Waals surface area contributed by atoms with E-state index in [9.17, 15) is 0 Å². The predicted octanol–water partition coefficient (Wildman–Crippen LogP) is 1.70. The number of anilines is 1. The van der Waals surface area contributed by atoms with Crippen LogP contribution in [0.1, 0.15) is 26.6 Å². The summed E-state index contributed by atoms with van der Waals surface area (Å²) in [6.45, 7) is 6.38. The van der Waals surface area contributed by atoms with Gasteiger partial charge in [-0.2, -0.15) is 5.10 Å². The van der Waals surface area contributed by atoms with E-state index in [2.05, 4.69) is 30.9 Å². The number of nitrogens with two attached hydrogens (primary N) is 1. The lowest BCUT2D eigenvalue weighted by Gasteiger charge is -2.17. The van der Waals surface area contributed by atoms with Crippen LogP contribution >= 0.6 is 0 Å². The van der Waals surface area contributed by atoms with Crippen molar-refractivity contribution in [1.82, 2.24) is 19.3 Å². The SMILES string of the molecule is Cn1cc(-c2nc(C(C)(C)C)n(C)c2N)cn1. The molecule has 0 radical (unpaired) electrons. The molecule has 0 saturated heterocycles. The molecule has 17 heavy (non-hydrogen) atoms. The number of hydrogen-bond donors (Lipinski definition) is 1. The Hall–Kier alpha value is -1.78. The number of aryl methyl sites for hydroxylation is 1. The van der Waals surface area contributed by atoms with Crippen LogP contribution in [0.5, 0.6) is 0 Å². The number of hydrogen-bond acceptors (Lipinski definition) is 3. The maximum atomic E-state index is 6.10. The van der Waals surface area contributed by atoms with Crippen LogP contribution in [0, 0.1) is 0 Å². The van der Waals surface area contributed by atoms with Gasteiger partial charge in [0.05, 0.1) is 6.20 Å². The third-order valence-electron chi connectivity index (χ3n) is 2.79. The molecule has 0 spiro atoms. The number of imidazole rings is 1. The third kappa shape index (κ3) is 1.92. The Morgan fingerprint density at radius 2 is 1.88 bits per heavy atom. The summed E-state index contributed by atoms with van der Waals surface area (Å²) in [7, 11) is 3.83. The minimum Gasteiger partial charge on any atom is -0.383 e. The van der Waals surface area contributed by atoms with Crippen LogP contribution in [0.2, 0.25) is 0 Å². The van der Waals surface area contributed by atoms with Gasteiger partial charge in [-0.25, -0.2) is 4.98 Å². The van der Waals surface area contributed by atoms with Crippen LogP contribution in [0.4, 0.5) is 5.82 Å². The number of nitrogen functional groups attached to an aromatic ring is 1. The summed E-state index contributed by atoms with van der Waals surface area (Å²) in [4.78, 5) is 4.65. The molecule has 0 bridgehead atoms. The summed E-state index contributed by atoms with van der Waals surface area (Å²) in [6.07, 6.45) is 3.70. The summed E-state index contributed by atoms with van der Waals surface area (Å²) < 4.78 is 3.70. The predicted molar refractivity (Wildman–Crippen MR) is 68.5 cm³/mol. The van der Waals surface area contributed by atoms with Gasteiger partial charge in [0.2, 0.25) is 0 Å². The lowest BCUT2D eigenvalue weighted by Crippen LogP contribution is -2.17. The first-order valence-corrected chi connectivity index (χ1v) is 5.62. The van der Waals surface area contributed by atoms with Crippen molar-refractivity contribution in [2.45, 2.75) is 26.2 Å². The van der Waals surface area contributed by atoms with E-state index in [1.165, 1.54) is 0 Å². The molecule has 0 aliphatic carbocycles.